The molecule has 2 aromatic rings. The molecule has 4 N–H and O–H groups in total. The highest BCUT2D eigenvalue weighted by Crippen LogP contribution is 2.27. The molecule has 4 amide bonds. The largest absolute Gasteiger partial charge is 0.495 e. The predicted octanol–water partition coefficient (Wildman–Crippen LogP) is 1.53. The number of nitrogen functional groups attached to an aromatic ring is 1. The van der Waals surface area contributed by atoms with Crippen molar-refractivity contribution < 1.29 is 24.2 Å². The highest BCUT2D eigenvalue weighted by atomic mass is 32.1. The van der Waals surface area contributed by atoms with E-state index in [4.69, 9.17) is 10.5 Å². The van der Waals surface area contributed by atoms with Gasteiger partial charge in [0, 0.05) is 0 Å². The zero-order chi connectivity index (χ0) is 20.5. The molecule has 1 unspecified atom stereocenters. The quantitative estimate of drug-likeness (QED) is 0.686. The number of hydrogen-bond donors (Lipinski definition) is 3. The van der Waals surface area contributed by atoms with Crippen LogP contribution in [0.15, 0.2) is 40.5 Å². The van der Waals surface area contributed by atoms with Crippen molar-refractivity contribution in [3.8, 4) is 0 Å². The Hall–Kier alpha value is -3.80. The number of benzene rings is 1. The highest BCUT2D eigenvalue weighted by Gasteiger charge is 2.33. The normalized spacial score (nSPS) is 18.2. The van der Waals surface area contributed by atoms with Crippen LogP contribution in [0.2, 0.25) is 0 Å². The van der Waals surface area contributed by atoms with Gasteiger partial charge >= 0.3 is 18.0 Å². The third-order valence-electron chi connectivity index (χ3n) is 4.14. The average molecular weight is 414 g/mol. The SMILES string of the molecule is Nc1nc2ccc(C(NC(=O)N3CC(N=C4C=COC4)=NC3=O)C(=O)O)cc2s1. The number of nitrogens with two attached hydrogens (primary N) is 1. The predicted molar refractivity (Wildman–Crippen MR) is 105 cm³/mol. The van der Waals surface area contributed by atoms with Crippen LogP contribution in [-0.2, 0) is 9.53 Å². The van der Waals surface area contributed by atoms with Crippen LogP contribution in [0.5, 0.6) is 0 Å². The number of nitrogens with zero attached hydrogens (tertiary/aromatic N) is 4. The van der Waals surface area contributed by atoms with Crippen molar-refractivity contribution in [2.45, 2.75) is 6.04 Å². The molecular formula is C17H14N6O5S. The summed E-state index contributed by atoms with van der Waals surface area (Å²) in [5.74, 6) is -1.14. The maximum Gasteiger partial charge on any atom is 0.353 e. The molecule has 1 atom stereocenters. The maximum atomic E-state index is 12.5. The first kappa shape index (κ1) is 18.6. The zero-order valence-electron chi connectivity index (χ0n) is 14.7. The number of anilines is 1. The third-order valence-corrected chi connectivity index (χ3v) is 4.99. The van der Waals surface area contributed by atoms with Gasteiger partial charge in [-0.2, -0.15) is 4.99 Å². The molecule has 0 saturated carbocycles. The molecular weight excluding hydrogens is 400 g/mol. The fourth-order valence-electron chi connectivity index (χ4n) is 2.81. The summed E-state index contributed by atoms with van der Waals surface area (Å²) in [6, 6.07) is 1.67. The molecule has 0 aliphatic carbocycles. The van der Waals surface area contributed by atoms with E-state index in [1.807, 2.05) is 0 Å². The summed E-state index contributed by atoms with van der Waals surface area (Å²) in [5, 5.41) is 12.3. The van der Waals surface area contributed by atoms with Crippen LogP contribution in [0.25, 0.3) is 10.2 Å². The lowest BCUT2D eigenvalue weighted by Gasteiger charge is -2.19. The lowest BCUT2D eigenvalue weighted by molar-refractivity contribution is -0.139. The van der Waals surface area contributed by atoms with Crippen LogP contribution in [0, 0.1) is 0 Å². The van der Waals surface area contributed by atoms with Crippen molar-refractivity contribution in [3.05, 3.63) is 36.1 Å². The number of nitrogens with one attached hydrogen (secondary N) is 1. The number of carboxylic acids is 1. The molecule has 0 saturated heterocycles. The van der Waals surface area contributed by atoms with Crippen LogP contribution in [0.1, 0.15) is 11.6 Å². The van der Waals surface area contributed by atoms with E-state index in [1.54, 1.807) is 18.2 Å². The van der Waals surface area contributed by atoms with Gasteiger partial charge in [0.1, 0.15) is 6.61 Å². The van der Waals surface area contributed by atoms with E-state index in [2.05, 4.69) is 20.3 Å². The van der Waals surface area contributed by atoms with Gasteiger partial charge in [0.2, 0.25) is 0 Å². The number of imide groups is 1. The second-order valence-electron chi connectivity index (χ2n) is 6.11. The van der Waals surface area contributed by atoms with Gasteiger partial charge in [-0.1, -0.05) is 17.4 Å². The van der Waals surface area contributed by atoms with Crippen LogP contribution in [0.4, 0.5) is 14.7 Å². The minimum Gasteiger partial charge on any atom is -0.495 e. The molecule has 148 valence electrons. The third kappa shape index (κ3) is 3.78. The Morgan fingerprint density at radius 3 is 2.97 bits per heavy atom. The van der Waals surface area contributed by atoms with Crippen molar-refractivity contribution in [1.82, 2.24) is 15.2 Å². The van der Waals surface area contributed by atoms with Crippen LogP contribution in [0.3, 0.4) is 0 Å². The number of hydrogen-bond acceptors (Lipinski definition) is 8. The minimum absolute atomic E-state index is 0.142. The zero-order valence-corrected chi connectivity index (χ0v) is 15.5. The number of ether oxygens (including phenoxy) is 1. The smallest absolute Gasteiger partial charge is 0.353 e. The van der Waals surface area contributed by atoms with Gasteiger partial charge in [-0.15, -0.1) is 0 Å². The summed E-state index contributed by atoms with van der Waals surface area (Å²) in [7, 11) is 0. The van der Waals surface area contributed by atoms with Crippen LogP contribution < -0.4 is 11.1 Å². The summed E-state index contributed by atoms with van der Waals surface area (Å²) in [6.45, 7) is 0.0871. The standard InChI is InChI=1S/C17H14N6O5S/c18-15-20-10-2-1-8(5-11(10)29-15)13(14(24)25)22-17(27)23-6-12(21-16(23)26)19-9-3-4-28-7-9/h1-5,13H,6-7H2,(H2,18,20)(H,22,27)(H,24,25). The number of amidine groups is 1. The number of carbonyl (C=O) groups excluding carboxylic acids is 2. The van der Waals surface area contributed by atoms with Crippen LogP contribution >= 0.6 is 11.3 Å². The number of aliphatic imine (C=N–C) groups is 2. The molecule has 29 heavy (non-hydrogen) atoms. The van der Waals surface area contributed by atoms with Crippen molar-refractivity contribution in [2.24, 2.45) is 9.98 Å². The monoisotopic (exact) mass is 414 g/mol. The van der Waals surface area contributed by atoms with Gasteiger partial charge < -0.3 is 20.9 Å². The van der Waals surface area contributed by atoms with Crippen molar-refractivity contribution >= 4 is 56.3 Å². The second kappa shape index (κ2) is 7.31. The summed E-state index contributed by atoms with van der Waals surface area (Å²) in [6.07, 6.45) is 3.09. The number of rotatable bonds is 3. The van der Waals surface area contributed by atoms with E-state index in [9.17, 15) is 19.5 Å². The molecule has 0 bridgehead atoms. The number of urea groups is 2. The Morgan fingerprint density at radius 2 is 2.24 bits per heavy atom. The van der Waals surface area contributed by atoms with Crippen molar-refractivity contribution in [1.29, 1.82) is 0 Å². The molecule has 1 aromatic heterocycles. The van der Waals surface area contributed by atoms with Gasteiger partial charge in [0.25, 0.3) is 0 Å². The van der Waals surface area contributed by atoms with E-state index in [0.717, 1.165) is 4.90 Å². The number of carboxylic acid groups (broad SMARTS) is 1. The molecule has 1 aromatic carbocycles. The number of fused-ring (bicyclic) bond motifs is 1. The number of amides is 4. The molecule has 3 heterocycles. The van der Waals surface area contributed by atoms with Gasteiger partial charge in [0.15, 0.2) is 17.0 Å². The number of aliphatic carboxylic acids is 1. The average Bonchev–Trinajstić information content (AvgIpc) is 3.38. The summed E-state index contributed by atoms with van der Waals surface area (Å²) in [5.41, 5.74) is 7.19. The second-order valence-corrected chi connectivity index (χ2v) is 7.18. The van der Waals surface area contributed by atoms with E-state index in [0.29, 0.717) is 26.6 Å². The Labute approximate surface area is 167 Å². The molecule has 4 rings (SSSR count). The lowest BCUT2D eigenvalue weighted by Crippen LogP contribution is -2.44. The summed E-state index contributed by atoms with van der Waals surface area (Å²) in [4.78, 5) is 49.1. The Balaban J connectivity index is 1.50. The first-order valence-electron chi connectivity index (χ1n) is 8.35. The van der Waals surface area contributed by atoms with Crippen molar-refractivity contribution in [2.75, 3.05) is 18.9 Å². The van der Waals surface area contributed by atoms with E-state index < -0.39 is 24.1 Å². The number of carbonyl (C=O) groups is 3. The Morgan fingerprint density at radius 1 is 1.41 bits per heavy atom. The van der Waals surface area contributed by atoms with Gasteiger partial charge in [-0.05, 0) is 23.8 Å². The Kier molecular flexibility index (Phi) is 4.68. The van der Waals surface area contributed by atoms with Gasteiger partial charge in [-0.3, -0.25) is 0 Å². The molecule has 0 fully saturated rings. The fourth-order valence-corrected chi connectivity index (χ4v) is 3.59. The lowest BCUT2D eigenvalue weighted by atomic mass is 10.1. The summed E-state index contributed by atoms with van der Waals surface area (Å²) >= 11 is 1.20. The molecule has 2 aliphatic rings. The molecule has 0 spiro atoms. The van der Waals surface area contributed by atoms with Crippen molar-refractivity contribution in [3.63, 3.8) is 0 Å². The van der Waals surface area contributed by atoms with E-state index in [1.165, 1.54) is 23.7 Å². The summed E-state index contributed by atoms with van der Waals surface area (Å²) < 4.78 is 5.69. The maximum absolute atomic E-state index is 12.5. The first-order valence-corrected chi connectivity index (χ1v) is 9.16. The van der Waals surface area contributed by atoms with Crippen LogP contribution in [-0.4, -0.2) is 57.7 Å². The molecule has 12 heteroatoms. The van der Waals surface area contributed by atoms with E-state index in [-0.39, 0.29) is 19.0 Å². The van der Waals surface area contributed by atoms with Gasteiger partial charge in [-0.25, -0.2) is 29.3 Å². The topological polar surface area (TPSA) is 160 Å². The highest BCUT2D eigenvalue weighted by molar-refractivity contribution is 7.22. The first-order chi connectivity index (χ1) is 13.9. The molecule has 11 nitrogen and oxygen atoms in total. The van der Waals surface area contributed by atoms with E-state index >= 15 is 0 Å². The van der Waals surface area contributed by atoms with Gasteiger partial charge in [0.05, 0.1) is 28.7 Å². The fraction of sp³-hybridized carbons (Fsp3) is 0.176. The minimum atomic E-state index is -1.37. The molecule has 0 radical (unpaired) electrons. The molecule has 2 aliphatic heterocycles. The number of thiazole rings is 1. The number of aromatic nitrogens is 1. The Bertz CT molecular complexity index is 1120.